The standard InChI is InChI=1S/C11H21N3O/c1-5-8(2)10(13)11(15)14(4)9(3)6-7-12/h8-10H,5-6,13H2,1-4H3/t8-,9?,10-/m0/s1. The number of carbonyl (C=O) groups excluding carboxylic acids is 1. The number of rotatable bonds is 5. The molecule has 0 saturated heterocycles. The van der Waals surface area contributed by atoms with Crippen molar-refractivity contribution in [2.45, 2.75) is 45.7 Å². The van der Waals surface area contributed by atoms with Crippen molar-refractivity contribution in [3.8, 4) is 6.07 Å². The van der Waals surface area contributed by atoms with Crippen molar-refractivity contribution in [3.05, 3.63) is 0 Å². The Kier molecular flexibility index (Phi) is 5.95. The molecule has 0 aromatic carbocycles. The molecule has 0 aromatic heterocycles. The van der Waals surface area contributed by atoms with Crippen molar-refractivity contribution >= 4 is 5.91 Å². The molecular weight excluding hydrogens is 190 g/mol. The second-order valence-electron chi connectivity index (χ2n) is 4.07. The molecule has 0 radical (unpaired) electrons. The molecule has 1 amide bonds. The SMILES string of the molecule is CC[C@H](C)[C@H](N)C(=O)N(C)C(C)CC#N. The number of amides is 1. The Morgan fingerprint density at radius 2 is 2.07 bits per heavy atom. The number of likely N-dealkylation sites (N-methyl/N-ethyl adjacent to an activating group) is 1. The lowest BCUT2D eigenvalue weighted by Gasteiger charge is -2.28. The molecular formula is C11H21N3O. The van der Waals surface area contributed by atoms with Crippen LogP contribution >= 0.6 is 0 Å². The van der Waals surface area contributed by atoms with Crippen LogP contribution in [0.15, 0.2) is 0 Å². The van der Waals surface area contributed by atoms with Gasteiger partial charge in [0.05, 0.1) is 18.5 Å². The summed E-state index contributed by atoms with van der Waals surface area (Å²) in [7, 11) is 1.70. The zero-order valence-electron chi connectivity index (χ0n) is 10.0. The summed E-state index contributed by atoms with van der Waals surface area (Å²) in [6.07, 6.45) is 1.23. The lowest BCUT2D eigenvalue weighted by atomic mass is 9.98. The second-order valence-corrected chi connectivity index (χ2v) is 4.07. The van der Waals surface area contributed by atoms with Gasteiger partial charge in [0.25, 0.3) is 0 Å². The molecule has 0 aromatic rings. The highest BCUT2D eigenvalue weighted by atomic mass is 16.2. The first-order chi connectivity index (χ1) is 6.95. The van der Waals surface area contributed by atoms with Gasteiger partial charge in [-0.05, 0) is 12.8 Å². The maximum atomic E-state index is 11.9. The first-order valence-corrected chi connectivity index (χ1v) is 5.34. The highest BCUT2D eigenvalue weighted by molar-refractivity contribution is 5.82. The van der Waals surface area contributed by atoms with E-state index in [2.05, 4.69) is 6.07 Å². The van der Waals surface area contributed by atoms with Gasteiger partial charge in [-0.25, -0.2) is 0 Å². The topological polar surface area (TPSA) is 70.1 Å². The first-order valence-electron chi connectivity index (χ1n) is 5.34. The average molecular weight is 211 g/mol. The van der Waals surface area contributed by atoms with Gasteiger partial charge < -0.3 is 10.6 Å². The summed E-state index contributed by atoms with van der Waals surface area (Å²) < 4.78 is 0. The maximum Gasteiger partial charge on any atom is 0.239 e. The molecule has 0 heterocycles. The summed E-state index contributed by atoms with van der Waals surface area (Å²) in [6.45, 7) is 5.83. The molecule has 0 aliphatic carbocycles. The van der Waals surface area contributed by atoms with E-state index in [0.717, 1.165) is 6.42 Å². The normalized spacial score (nSPS) is 16.3. The predicted octanol–water partition coefficient (Wildman–Crippen LogP) is 1.12. The van der Waals surface area contributed by atoms with Crippen LogP contribution in [0.25, 0.3) is 0 Å². The summed E-state index contributed by atoms with van der Waals surface area (Å²) in [5.74, 6) is 0.0985. The molecule has 0 fully saturated rings. The van der Waals surface area contributed by atoms with Crippen LogP contribution in [0.2, 0.25) is 0 Å². The zero-order chi connectivity index (χ0) is 12.0. The van der Waals surface area contributed by atoms with Crippen LogP contribution in [0.5, 0.6) is 0 Å². The maximum absolute atomic E-state index is 11.9. The average Bonchev–Trinajstić information content (AvgIpc) is 2.25. The van der Waals surface area contributed by atoms with E-state index in [1.807, 2.05) is 20.8 Å². The molecule has 4 nitrogen and oxygen atoms in total. The molecule has 0 saturated carbocycles. The third kappa shape index (κ3) is 3.88. The van der Waals surface area contributed by atoms with Gasteiger partial charge in [-0.2, -0.15) is 5.26 Å². The molecule has 0 aliphatic rings. The van der Waals surface area contributed by atoms with Crippen LogP contribution in [0.1, 0.15) is 33.6 Å². The van der Waals surface area contributed by atoms with Gasteiger partial charge in [0.15, 0.2) is 0 Å². The Balaban J connectivity index is 4.38. The van der Waals surface area contributed by atoms with Crippen LogP contribution in [-0.4, -0.2) is 29.9 Å². The van der Waals surface area contributed by atoms with Gasteiger partial charge in [-0.1, -0.05) is 20.3 Å². The Labute approximate surface area is 92.0 Å². The van der Waals surface area contributed by atoms with Crippen LogP contribution in [0.3, 0.4) is 0 Å². The van der Waals surface area contributed by atoms with Gasteiger partial charge in [0, 0.05) is 13.1 Å². The molecule has 4 heteroatoms. The first kappa shape index (κ1) is 13.9. The third-order valence-electron chi connectivity index (χ3n) is 2.94. The molecule has 2 N–H and O–H groups in total. The number of carbonyl (C=O) groups is 1. The van der Waals surface area contributed by atoms with E-state index in [0.29, 0.717) is 6.42 Å². The number of nitriles is 1. The van der Waals surface area contributed by atoms with Crippen molar-refractivity contribution < 1.29 is 4.79 Å². The summed E-state index contributed by atoms with van der Waals surface area (Å²) in [6, 6.07) is 1.52. The highest BCUT2D eigenvalue weighted by Crippen LogP contribution is 2.10. The predicted molar refractivity (Wildman–Crippen MR) is 59.9 cm³/mol. The largest absolute Gasteiger partial charge is 0.341 e. The number of nitrogens with zero attached hydrogens (tertiary/aromatic N) is 2. The Morgan fingerprint density at radius 1 is 1.53 bits per heavy atom. The van der Waals surface area contributed by atoms with Crippen molar-refractivity contribution in [1.29, 1.82) is 5.26 Å². The molecule has 86 valence electrons. The quantitative estimate of drug-likeness (QED) is 0.740. The van der Waals surface area contributed by atoms with E-state index < -0.39 is 6.04 Å². The van der Waals surface area contributed by atoms with Gasteiger partial charge in [0.1, 0.15) is 0 Å². The van der Waals surface area contributed by atoms with Gasteiger partial charge in [-0.3, -0.25) is 4.79 Å². The molecule has 0 rings (SSSR count). The van der Waals surface area contributed by atoms with Crippen molar-refractivity contribution in [3.63, 3.8) is 0 Å². The summed E-state index contributed by atoms with van der Waals surface area (Å²) >= 11 is 0. The summed E-state index contributed by atoms with van der Waals surface area (Å²) in [4.78, 5) is 13.4. The Hall–Kier alpha value is -1.08. The van der Waals surface area contributed by atoms with Crippen LogP contribution in [0, 0.1) is 17.2 Å². The minimum Gasteiger partial charge on any atom is -0.341 e. The second kappa shape index (κ2) is 6.41. The molecule has 1 unspecified atom stereocenters. The van der Waals surface area contributed by atoms with Crippen LogP contribution in [-0.2, 0) is 4.79 Å². The fraction of sp³-hybridized carbons (Fsp3) is 0.818. The minimum absolute atomic E-state index is 0.0717. The molecule has 0 aliphatic heterocycles. The highest BCUT2D eigenvalue weighted by Gasteiger charge is 2.25. The van der Waals surface area contributed by atoms with Gasteiger partial charge in [-0.15, -0.1) is 0 Å². The fourth-order valence-corrected chi connectivity index (χ4v) is 1.22. The van der Waals surface area contributed by atoms with Gasteiger partial charge >= 0.3 is 0 Å². The van der Waals surface area contributed by atoms with Crippen LogP contribution < -0.4 is 5.73 Å². The third-order valence-corrected chi connectivity index (χ3v) is 2.94. The Bertz CT molecular complexity index is 247. The molecule has 15 heavy (non-hydrogen) atoms. The summed E-state index contributed by atoms with van der Waals surface area (Å²) in [5.41, 5.74) is 5.83. The zero-order valence-corrected chi connectivity index (χ0v) is 10.0. The van der Waals surface area contributed by atoms with Crippen molar-refractivity contribution in [1.82, 2.24) is 4.90 Å². The lowest BCUT2D eigenvalue weighted by molar-refractivity contribution is -0.134. The van der Waals surface area contributed by atoms with E-state index >= 15 is 0 Å². The number of hydrogen-bond donors (Lipinski definition) is 1. The van der Waals surface area contributed by atoms with E-state index in [1.54, 1.807) is 11.9 Å². The van der Waals surface area contributed by atoms with Crippen molar-refractivity contribution in [2.24, 2.45) is 11.7 Å². The van der Waals surface area contributed by atoms with Crippen LogP contribution in [0.4, 0.5) is 0 Å². The molecule has 0 spiro atoms. The van der Waals surface area contributed by atoms with E-state index in [-0.39, 0.29) is 17.9 Å². The van der Waals surface area contributed by atoms with E-state index in [4.69, 9.17) is 11.0 Å². The number of hydrogen-bond acceptors (Lipinski definition) is 3. The van der Waals surface area contributed by atoms with E-state index in [1.165, 1.54) is 0 Å². The summed E-state index contributed by atoms with van der Waals surface area (Å²) in [5, 5.41) is 8.54. The van der Waals surface area contributed by atoms with E-state index in [9.17, 15) is 4.79 Å². The number of nitrogens with two attached hydrogens (primary N) is 1. The Morgan fingerprint density at radius 3 is 2.47 bits per heavy atom. The molecule has 3 atom stereocenters. The van der Waals surface area contributed by atoms with Gasteiger partial charge in [0.2, 0.25) is 5.91 Å². The van der Waals surface area contributed by atoms with Crippen molar-refractivity contribution in [2.75, 3.05) is 7.05 Å². The fourth-order valence-electron chi connectivity index (χ4n) is 1.22. The smallest absolute Gasteiger partial charge is 0.239 e. The monoisotopic (exact) mass is 211 g/mol. The lowest BCUT2D eigenvalue weighted by Crippen LogP contribution is -2.48. The minimum atomic E-state index is -0.457. The molecule has 0 bridgehead atoms.